The first-order valence-electron chi connectivity index (χ1n) is 11.2. The summed E-state index contributed by atoms with van der Waals surface area (Å²) in [5.74, 6) is 0.546. The Morgan fingerprint density at radius 2 is 1.76 bits per heavy atom. The van der Waals surface area contributed by atoms with Crippen molar-refractivity contribution in [2.24, 2.45) is 0 Å². The van der Waals surface area contributed by atoms with Crippen molar-refractivity contribution in [2.45, 2.75) is 29.6 Å². The summed E-state index contributed by atoms with van der Waals surface area (Å²) in [5.41, 5.74) is 3.85. The van der Waals surface area contributed by atoms with E-state index in [0.29, 0.717) is 17.8 Å². The van der Waals surface area contributed by atoms with Gasteiger partial charge in [0.05, 0.1) is 11.3 Å². The third-order valence-corrected chi connectivity index (χ3v) is 8.47. The molecular formula is C27H23N3O2S2. The molecule has 6 rings (SSSR count). The van der Waals surface area contributed by atoms with Gasteiger partial charge in [0.15, 0.2) is 5.78 Å². The van der Waals surface area contributed by atoms with E-state index in [2.05, 4.69) is 34.0 Å². The molecule has 170 valence electrons. The van der Waals surface area contributed by atoms with Crippen LogP contribution in [-0.4, -0.2) is 21.8 Å². The molecule has 0 bridgehead atoms. The van der Waals surface area contributed by atoms with Crippen LogP contribution in [0.15, 0.2) is 93.1 Å². The topological polar surface area (TPSA) is 66.9 Å². The predicted molar refractivity (Wildman–Crippen MR) is 138 cm³/mol. The lowest BCUT2D eigenvalue weighted by atomic mass is 9.74. The smallest absolute Gasteiger partial charge is 0.277 e. The highest BCUT2D eigenvalue weighted by atomic mass is 32.2. The maximum Gasteiger partial charge on any atom is 0.277 e. The number of Topliss-reactive ketones (excluding diaryl/α,β-unsaturated/α-hetero) is 1. The third-order valence-electron chi connectivity index (χ3n) is 6.70. The molecule has 5 nitrogen and oxygen atoms in total. The van der Waals surface area contributed by atoms with Crippen molar-refractivity contribution in [3.63, 3.8) is 0 Å². The first kappa shape index (κ1) is 21.3. The van der Waals surface area contributed by atoms with E-state index < -0.39 is 5.92 Å². The summed E-state index contributed by atoms with van der Waals surface area (Å²) in [7, 11) is 0. The number of nitrogens with zero attached hydrogens (tertiary/aromatic N) is 1. The lowest BCUT2D eigenvalue weighted by molar-refractivity contribution is -0.116. The molecule has 1 aliphatic carbocycles. The zero-order valence-electron chi connectivity index (χ0n) is 18.6. The van der Waals surface area contributed by atoms with Crippen molar-refractivity contribution in [2.75, 3.05) is 11.6 Å². The number of allylic oxidation sites excluding steroid dienone is 2. The zero-order chi connectivity index (χ0) is 23.2. The fraction of sp³-hybridized carbons (Fsp3) is 0.185. The molecule has 2 aliphatic rings. The number of H-pyrrole nitrogens is 1. The predicted octanol–water partition coefficient (Wildman–Crippen LogP) is 5.91. The number of thioether (sulfide) groups is 1. The number of carbonyl (C=O) groups is 1. The largest absolute Gasteiger partial charge is 0.343 e. The van der Waals surface area contributed by atoms with Crippen LogP contribution >= 0.6 is 23.1 Å². The van der Waals surface area contributed by atoms with Gasteiger partial charge in [-0.05, 0) is 54.0 Å². The molecule has 0 saturated carbocycles. The Morgan fingerprint density at radius 1 is 0.971 bits per heavy atom. The van der Waals surface area contributed by atoms with Crippen molar-refractivity contribution in [1.29, 1.82) is 0 Å². The van der Waals surface area contributed by atoms with E-state index in [1.165, 1.54) is 4.88 Å². The summed E-state index contributed by atoms with van der Waals surface area (Å²) in [6, 6.07) is 21.9. The number of thiophene rings is 1. The standard InChI is InChI=1S/C27H23N3O2S2/c1-33-19-11-9-16(10-12-19)23-24-20(14-17(15-21(24)31)22-8-5-13-34-22)28-26-25(23)27(32)30(29-26)18-6-3-2-4-7-18/h2-13,17,23,28-29H,14-15H2,1H3/t17-,23-/m0/s1. The molecule has 2 aromatic heterocycles. The Labute approximate surface area is 205 Å². The normalized spacial score (nSPS) is 19.5. The molecule has 0 radical (unpaired) electrons. The Hall–Kier alpha value is -3.29. The molecule has 0 saturated heterocycles. The number of fused-ring (bicyclic) bond motifs is 1. The van der Waals surface area contributed by atoms with Crippen LogP contribution in [-0.2, 0) is 4.79 Å². The number of hydrogen-bond donors (Lipinski definition) is 2. The number of carbonyl (C=O) groups excluding carboxylic acids is 1. The van der Waals surface area contributed by atoms with Gasteiger partial charge in [-0.1, -0.05) is 36.4 Å². The average molecular weight is 486 g/mol. The molecule has 0 unspecified atom stereocenters. The summed E-state index contributed by atoms with van der Waals surface area (Å²) < 4.78 is 1.57. The highest BCUT2D eigenvalue weighted by molar-refractivity contribution is 7.98. The molecule has 0 fully saturated rings. The number of nitrogens with one attached hydrogen (secondary N) is 2. The second kappa shape index (κ2) is 8.49. The molecule has 2 atom stereocenters. The minimum Gasteiger partial charge on any atom is -0.343 e. The minimum absolute atomic E-state index is 0.114. The molecule has 4 aromatic rings. The van der Waals surface area contributed by atoms with Gasteiger partial charge in [-0.3, -0.25) is 14.7 Å². The Morgan fingerprint density at radius 3 is 2.47 bits per heavy atom. The van der Waals surface area contributed by atoms with Gasteiger partial charge in [-0.15, -0.1) is 23.1 Å². The quantitative estimate of drug-likeness (QED) is 0.353. The number of para-hydroxylation sites is 1. The van der Waals surface area contributed by atoms with Gasteiger partial charge in [0.2, 0.25) is 0 Å². The second-order valence-corrected chi connectivity index (χ2v) is 10.5. The number of ketones is 1. The Kier molecular flexibility index (Phi) is 5.31. The first-order valence-corrected chi connectivity index (χ1v) is 13.4. The minimum atomic E-state index is -0.396. The maximum absolute atomic E-state index is 13.7. The number of hydrogen-bond acceptors (Lipinski definition) is 5. The lowest BCUT2D eigenvalue weighted by Gasteiger charge is -2.34. The van der Waals surface area contributed by atoms with E-state index in [9.17, 15) is 9.59 Å². The van der Waals surface area contributed by atoms with Crippen molar-refractivity contribution in [3.8, 4) is 5.69 Å². The highest BCUT2D eigenvalue weighted by Gasteiger charge is 2.41. The maximum atomic E-state index is 13.7. The summed E-state index contributed by atoms with van der Waals surface area (Å²) in [5, 5.41) is 8.80. The van der Waals surface area contributed by atoms with Gasteiger partial charge in [0, 0.05) is 39.3 Å². The van der Waals surface area contributed by atoms with Gasteiger partial charge in [0.1, 0.15) is 5.82 Å². The summed E-state index contributed by atoms with van der Waals surface area (Å²) >= 11 is 3.37. The monoisotopic (exact) mass is 485 g/mol. The van der Waals surface area contributed by atoms with Gasteiger partial charge in [-0.2, -0.15) is 0 Å². The van der Waals surface area contributed by atoms with E-state index in [1.54, 1.807) is 27.8 Å². The van der Waals surface area contributed by atoms with Crippen molar-refractivity contribution >= 4 is 34.7 Å². The zero-order valence-corrected chi connectivity index (χ0v) is 20.2. The van der Waals surface area contributed by atoms with Gasteiger partial charge >= 0.3 is 0 Å². The van der Waals surface area contributed by atoms with E-state index >= 15 is 0 Å². The molecule has 0 spiro atoms. The molecule has 2 N–H and O–H groups in total. The fourth-order valence-electron chi connectivity index (χ4n) is 5.11. The van der Waals surface area contributed by atoms with E-state index in [4.69, 9.17) is 0 Å². The van der Waals surface area contributed by atoms with Crippen molar-refractivity contribution in [3.05, 3.63) is 110 Å². The number of anilines is 1. The lowest BCUT2D eigenvalue weighted by Crippen LogP contribution is -2.31. The molecule has 0 amide bonds. The molecule has 1 aliphatic heterocycles. The van der Waals surface area contributed by atoms with Gasteiger partial charge in [0.25, 0.3) is 5.56 Å². The molecule has 34 heavy (non-hydrogen) atoms. The first-order chi connectivity index (χ1) is 16.6. The SMILES string of the molecule is CSc1ccc([C@H]2C3=C(C[C@H](c4cccs4)CC3=O)Nc3[nH]n(-c4ccccc4)c(=O)c32)cc1. The van der Waals surface area contributed by atoms with E-state index in [0.717, 1.165) is 33.8 Å². The van der Waals surface area contributed by atoms with Crippen LogP contribution in [0.2, 0.25) is 0 Å². The Bertz CT molecular complexity index is 1450. The van der Waals surface area contributed by atoms with Crippen LogP contribution in [0.5, 0.6) is 0 Å². The van der Waals surface area contributed by atoms with Gasteiger partial charge < -0.3 is 5.32 Å². The number of benzene rings is 2. The van der Waals surface area contributed by atoms with Crippen LogP contribution < -0.4 is 10.9 Å². The molecule has 3 heterocycles. The molecule has 2 aromatic carbocycles. The third kappa shape index (κ3) is 3.47. The second-order valence-electron chi connectivity index (χ2n) is 8.64. The average Bonchev–Trinajstić information content (AvgIpc) is 3.52. The number of rotatable bonds is 4. The van der Waals surface area contributed by atoms with Crippen LogP contribution in [0.25, 0.3) is 5.69 Å². The Balaban J connectivity index is 1.52. The van der Waals surface area contributed by atoms with E-state index in [-0.39, 0.29) is 17.3 Å². The molecular weight excluding hydrogens is 462 g/mol. The van der Waals surface area contributed by atoms with Crippen LogP contribution in [0, 0.1) is 0 Å². The molecule has 7 heteroatoms. The summed E-state index contributed by atoms with van der Waals surface area (Å²) in [4.78, 5) is 29.7. The summed E-state index contributed by atoms with van der Waals surface area (Å²) in [6.45, 7) is 0. The van der Waals surface area contributed by atoms with E-state index in [1.807, 2.05) is 54.8 Å². The fourth-order valence-corrected chi connectivity index (χ4v) is 6.34. The highest BCUT2D eigenvalue weighted by Crippen LogP contribution is 2.47. The van der Waals surface area contributed by atoms with Crippen LogP contribution in [0.4, 0.5) is 5.82 Å². The number of aromatic amines is 1. The number of aromatic nitrogens is 2. The van der Waals surface area contributed by atoms with Gasteiger partial charge in [-0.25, -0.2) is 4.68 Å². The van der Waals surface area contributed by atoms with Crippen LogP contribution in [0.1, 0.15) is 40.7 Å². The van der Waals surface area contributed by atoms with Crippen molar-refractivity contribution in [1.82, 2.24) is 9.78 Å². The van der Waals surface area contributed by atoms with Crippen LogP contribution in [0.3, 0.4) is 0 Å². The van der Waals surface area contributed by atoms with Crippen molar-refractivity contribution < 1.29 is 4.79 Å². The summed E-state index contributed by atoms with van der Waals surface area (Å²) in [6.07, 6.45) is 3.25.